The molecule has 1 saturated carbocycles. The molecule has 0 aliphatic heterocycles. The fourth-order valence-corrected chi connectivity index (χ4v) is 2.15. The molecule has 0 saturated heterocycles. The molecule has 88 valence electrons. The van der Waals surface area contributed by atoms with Crippen molar-refractivity contribution in [1.82, 2.24) is 0 Å². The van der Waals surface area contributed by atoms with Crippen molar-refractivity contribution in [3.63, 3.8) is 0 Å². The van der Waals surface area contributed by atoms with Crippen LogP contribution in [0.5, 0.6) is 5.75 Å². The number of benzene rings is 1. The highest BCUT2D eigenvalue weighted by Crippen LogP contribution is 2.39. The lowest BCUT2D eigenvalue weighted by Gasteiger charge is -2.42. The van der Waals surface area contributed by atoms with Gasteiger partial charge in [0.15, 0.2) is 0 Å². The Morgan fingerprint density at radius 2 is 1.88 bits per heavy atom. The summed E-state index contributed by atoms with van der Waals surface area (Å²) in [4.78, 5) is 0. The predicted octanol–water partition coefficient (Wildman–Crippen LogP) is 1.78. The zero-order valence-corrected chi connectivity index (χ0v) is 9.81. The van der Waals surface area contributed by atoms with E-state index in [1.54, 1.807) is 0 Å². The number of aliphatic hydroxyl groups is 1. The van der Waals surface area contributed by atoms with Crippen LogP contribution < -0.4 is 10.5 Å². The average molecular weight is 221 g/mol. The predicted molar refractivity (Wildman–Crippen MR) is 63.3 cm³/mol. The van der Waals surface area contributed by atoms with Gasteiger partial charge in [-0.15, -0.1) is 0 Å². The van der Waals surface area contributed by atoms with E-state index in [-0.39, 0.29) is 17.7 Å². The summed E-state index contributed by atoms with van der Waals surface area (Å²) in [6, 6.07) is 7.86. The number of hydrogen-bond donors (Lipinski definition) is 2. The Labute approximate surface area is 96.2 Å². The molecule has 0 unspecified atom stereocenters. The molecule has 1 aliphatic carbocycles. The fourth-order valence-electron chi connectivity index (χ4n) is 2.15. The molecule has 0 amide bonds. The second-order valence-electron chi connectivity index (χ2n) is 4.91. The Hall–Kier alpha value is -1.06. The molecule has 3 N–H and O–H groups in total. The molecule has 1 aromatic rings. The largest absolute Gasteiger partial charge is 0.491 e. The van der Waals surface area contributed by atoms with Crippen LogP contribution in [0.3, 0.4) is 0 Å². The summed E-state index contributed by atoms with van der Waals surface area (Å²) >= 11 is 0. The highest BCUT2D eigenvalue weighted by Gasteiger charge is 2.41. The molecule has 0 spiro atoms. The van der Waals surface area contributed by atoms with Crippen LogP contribution in [0, 0.1) is 0 Å². The smallest absolute Gasteiger partial charge is 0.119 e. The molecule has 1 fully saturated rings. The van der Waals surface area contributed by atoms with Gasteiger partial charge in [0.25, 0.3) is 0 Å². The maximum Gasteiger partial charge on any atom is 0.119 e. The van der Waals surface area contributed by atoms with Gasteiger partial charge in [0.05, 0.1) is 12.2 Å². The monoisotopic (exact) mass is 221 g/mol. The molecule has 0 bridgehead atoms. The lowest BCUT2D eigenvalue weighted by molar-refractivity contribution is 0.0209. The molecule has 0 aromatic heterocycles. The zero-order chi connectivity index (χ0) is 11.8. The molecule has 3 nitrogen and oxygen atoms in total. The minimum absolute atomic E-state index is 0.184. The van der Waals surface area contributed by atoms with Crippen LogP contribution in [0.2, 0.25) is 0 Å². The van der Waals surface area contributed by atoms with Gasteiger partial charge in [0.1, 0.15) is 5.75 Å². The van der Waals surface area contributed by atoms with Crippen molar-refractivity contribution in [3.8, 4) is 5.75 Å². The van der Waals surface area contributed by atoms with Crippen molar-refractivity contribution < 1.29 is 9.84 Å². The van der Waals surface area contributed by atoms with E-state index in [1.807, 2.05) is 38.1 Å². The quantitative estimate of drug-likeness (QED) is 0.818. The third kappa shape index (κ3) is 2.20. The van der Waals surface area contributed by atoms with Gasteiger partial charge < -0.3 is 15.6 Å². The number of rotatable bonds is 3. The van der Waals surface area contributed by atoms with Crippen LogP contribution >= 0.6 is 0 Å². The first-order valence-electron chi connectivity index (χ1n) is 5.74. The first-order chi connectivity index (χ1) is 7.49. The first-order valence-corrected chi connectivity index (χ1v) is 5.74. The summed E-state index contributed by atoms with van der Waals surface area (Å²) in [6.45, 7) is 4.00. The molecule has 16 heavy (non-hydrogen) atoms. The molecule has 0 heterocycles. The number of nitrogens with two attached hydrogens (primary N) is 1. The average Bonchev–Trinajstić information content (AvgIpc) is 2.15. The van der Waals surface area contributed by atoms with E-state index in [4.69, 9.17) is 10.5 Å². The lowest BCUT2D eigenvalue weighted by Crippen LogP contribution is -2.51. The maximum absolute atomic E-state index is 9.31. The van der Waals surface area contributed by atoms with Gasteiger partial charge >= 0.3 is 0 Å². The Morgan fingerprint density at radius 3 is 2.31 bits per heavy atom. The number of aliphatic hydroxyl groups excluding tert-OH is 1. The lowest BCUT2D eigenvalue weighted by atomic mass is 9.71. The maximum atomic E-state index is 9.31. The van der Waals surface area contributed by atoms with E-state index < -0.39 is 0 Å². The second kappa shape index (κ2) is 4.07. The highest BCUT2D eigenvalue weighted by molar-refractivity contribution is 5.33. The van der Waals surface area contributed by atoms with Gasteiger partial charge in [-0.1, -0.05) is 12.1 Å². The normalized spacial score (nSPS) is 28.9. The highest BCUT2D eigenvalue weighted by atomic mass is 16.5. The number of hydrogen-bond acceptors (Lipinski definition) is 3. The molecule has 1 aliphatic rings. The van der Waals surface area contributed by atoms with E-state index in [2.05, 4.69) is 0 Å². The van der Waals surface area contributed by atoms with E-state index in [1.165, 1.54) is 0 Å². The van der Waals surface area contributed by atoms with Crippen LogP contribution in [-0.2, 0) is 5.54 Å². The summed E-state index contributed by atoms with van der Waals surface area (Å²) in [5.41, 5.74) is 6.91. The minimum Gasteiger partial charge on any atom is -0.491 e. The minimum atomic E-state index is -0.338. The molecule has 0 atom stereocenters. The van der Waals surface area contributed by atoms with E-state index in [0.29, 0.717) is 12.8 Å². The van der Waals surface area contributed by atoms with Crippen LogP contribution in [0.15, 0.2) is 24.3 Å². The SMILES string of the molecule is CC(C)Oc1ccc(C2(N)CC(O)C2)cc1. The van der Waals surface area contributed by atoms with Crippen LogP contribution in [0.1, 0.15) is 32.3 Å². The van der Waals surface area contributed by atoms with Crippen molar-refractivity contribution >= 4 is 0 Å². The van der Waals surface area contributed by atoms with Crippen molar-refractivity contribution in [1.29, 1.82) is 0 Å². The second-order valence-corrected chi connectivity index (χ2v) is 4.91. The van der Waals surface area contributed by atoms with Gasteiger partial charge in [-0.05, 0) is 44.4 Å². The van der Waals surface area contributed by atoms with E-state index in [9.17, 15) is 5.11 Å². The summed E-state index contributed by atoms with van der Waals surface area (Å²) < 4.78 is 5.56. The van der Waals surface area contributed by atoms with Gasteiger partial charge in [-0.25, -0.2) is 0 Å². The van der Waals surface area contributed by atoms with E-state index >= 15 is 0 Å². The summed E-state index contributed by atoms with van der Waals surface area (Å²) in [7, 11) is 0. The molecule has 3 heteroatoms. The topological polar surface area (TPSA) is 55.5 Å². The van der Waals surface area contributed by atoms with Crippen molar-refractivity contribution in [2.75, 3.05) is 0 Å². The Morgan fingerprint density at radius 1 is 1.31 bits per heavy atom. The van der Waals surface area contributed by atoms with Gasteiger partial charge in [-0.2, -0.15) is 0 Å². The summed E-state index contributed by atoms with van der Waals surface area (Å²) in [6.07, 6.45) is 1.24. The number of ether oxygens (including phenoxy) is 1. The molecule has 0 radical (unpaired) electrons. The summed E-state index contributed by atoms with van der Waals surface area (Å²) in [5, 5.41) is 9.31. The van der Waals surface area contributed by atoms with Gasteiger partial charge in [0.2, 0.25) is 0 Å². The zero-order valence-electron chi connectivity index (χ0n) is 9.81. The van der Waals surface area contributed by atoms with Crippen LogP contribution in [-0.4, -0.2) is 17.3 Å². The van der Waals surface area contributed by atoms with Gasteiger partial charge in [0, 0.05) is 5.54 Å². The van der Waals surface area contributed by atoms with Crippen molar-refractivity contribution in [2.45, 2.75) is 44.4 Å². The van der Waals surface area contributed by atoms with Gasteiger partial charge in [-0.3, -0.25) is 0 Å². The third-order valence-electron chi connectivity index (χ3n) is 3.00. The summed E-state index contributed by atoms with van der Waals surface area (Å²) in [5.74, 6) is 0.863. The first kappa shape index (κ1) is 11.4. The Kier molecular flexibility index (Phi) is 2.91. The van der Waals surface area contributed by atoms with Crippen molar-refractivity contribution in [3.05, 3.63) is 29.8 Å². The fraction of sp³-hybridized carbons (Fsp3) is 0.538. The Balaban J connectivity index is 2.08. The third-order valence-corrected chi connectivity index (χ3v) is 3.00. The standard InChI is InChI=1S/C13H19NO2/c1-9(2)16-12-5-3-10(4-6-12)13(14)7-11(15)8-13/h3-6,9,11,15H,7-8,14H2,1-2H3. The Bertz CT molecular complexity index is 353. The van der Waals surface area contributed by atoms with Crippen LogP contribution in [0.25, 0.3) is 0 Å². The molecular formula is C13H19NO2. The van der Waals surface area contributed by atoms with Crippen molar-refractivity contribution in [2.24, 2.45) is 5.73 Å². The van der Waals surface area contributed by atoms with E-state index in [0.717, 1.165) is 11.3 Å². The van der Waals surface area contributed by atoms with Crippen LogP contribution in [0.4, 0.5) is 0 Å². The molecule has 2 rings (SSSR count). The molecular weight excluding hydrogens is 202 g/mol. The molecule has 1 aromatic carbocycles.